The monoisotopic (exact) mass is 154 g/mol. The summed E-state index contributed by atoms with van der Waals surface area (Å²) in [6, 6.07) is 0. The average Bonchev–Trinajstić information content (AvgIpc) is 2.07. The Morgan fingerprint density at radius 1 is 1.73 bits per heavy atom. The molecule has 1 fully saturated rings. The minimum atomic E-state index is 0.656. The molecule has 0 amide bonds. The first-order valence-electron chi connectivity index (χ1n) is 4.48. The predicted octanol–water partition coefficient (Wildman–Crippen LogP) is 1.11. The number of nitrogens with one attached hydrogen (secondary N) is 2. The Kier molecular flexibility index (Phi) is 3.43. The molecule has 64 valence electrons. The van der Waals surface area contributed by atoms with Crippen molar-refractivity contribution in [2.75, 3.05) is 19.6 Å². The van der Waals surface area contributed by atoms with Gasteiger partial charge < -0.3 is 10.6 Å². The summed E-state index contributed by atoms with van der Waals surface area (Å²) in [7, 11) is 0. The molecule has 1 aliphatic rings. The van der Waals surface area contributed by atoms with Gasteiger partial charge in [0.1, 0.15) is 0 Å². The van der Waals surface area contributed by atoms with Crippen molar-refractivity contribution in [2.45, 2.75) is 19.8 Å². The number of hydrogen-bond acceptors (Lipinski definition) is 2. The molecule has 2 heteroatoms. The molecule has 0 aromatic rings. The van der Waals surface area contributed by atoms with Gasteiger partial charge in [-0.05, 0) is 26.3 Å². The van der Waals surface area contributed by atoms with Crippen molar-refractivity contribution in [1.82, 2.24) is 10.6 Å². The summed E-state index contributed by atoms with van der Waals surface area (Å²) in [6.07, 6.45) is 2.58. The molecular formula is C9H18N2. The van der Waals surface area contributed by atoms with Gasteiger partial charge in [-0.15, -0.1) is 0 Å². The minimum Gasteiger partial charge on any atom is -0.389 e. The van der Waals surface area contributed by atoms with Crippen LogP contribution >= 0.6 is 0 Å². The molecule has 0 spiro atoms. The van der Waals surface area contributed by atoms with Crippen LogP contribution in [0.5, 0.6) is 0 Å². The van der Waals surface area contributed by atoms with Crippen LogP contribution in [0.1, 0.15) is 19.8 Å². The second-order valence-corrected chi connectivity index (χ2v) is 3.10. The Bertz CT molecular complexity index is 126. The first-order valence-corrected chi connectivity index (χ1v) is 4.48. The molecule has 1 aliphatic heterocycles. The second kappa shape index (κ2) is 4.39. The molecule has 0 radical (unpaired) electrons. The lowest BCUT2D eigenvalue weighted by molar-refractivity contribution is 0.407. The number of hydrogen-bond donors (Lipinski definition) is 2. The van der Waals surface area contributed by atoms with Crippen LogP contribution < -0.4 is 10.6 Å². The quantitative estimate of drug-likeness (QED) is 0.636. The van der Waals surface area contributed by atoms with Crippen LogP contribution in [0.25, 0.3) is 0 Å². The Labute approximate surface area is 69.1 Å². The molecule has 0 aromatic carbocycles. The van der Waals surface area contributed by atoms with Gasteiger partial charge in [-0.2, -0.15) is 0 Å². The lowest BCUT2D eigenvalue weighted by atomic mass is 9.97. The molecule has 1 heterocycles. The van der Waals surface area contributed by atoms with Crippen LogP contribution in [0.2, 0.25) is 0 Å². The third-order valence-electron chi connectivity index (χ3n) is 2.19. The van der Waals surface area contributed by atoms with Gasteiger partial charge in [0.05, 0.1) is 0 Å². The Morgan fingerprint density at radius 3 is 3.09 bits per heavy atom. The minimum absolute atomic E-state index is 0.656. The highest BCUT2D eigenvalue weighted by molar-refractivity contribution is 4.99. The largest absolute Gasteiger partial charge is 0.389 e. The molecule has 1 unspecified atom stereocenters. The van der Waals surface area contributed by atoms with Crippen LogP contribution in [-0.2, 0) is 0 Å². The van der Waals surface area contributed by atoms with E-state index in [1.807, 2.05) is 0 Å². The van der Waals surface area contributed by atoms with E-state index in [9.17, 15) is 0 Å². The highest BCUT2D eigenvalue weighted by atomic mass is 14.9. The zero-order valence-electron chi connectivity index (χ0n) is 7.32. The molecule has 0 aromatic heterocycles. The highest BCUT2D eigenvalue weighted by Crippen LogP contribution is 2.15. The van der Waals surface area contributed by atoms with E-state index in [0.29, 0.717) is 5.92 Å². The van der Waals surface area contributed by atoms with Crippen LogP contribution in [0, 0.1) is 5.92 Å². The zero-order chi connectivity index (χ0) is 8.10. The van der Waals surface area contributed by atoms with Crippen molar-refractivity contribution < 1.29 is 0 Å². The molecule has 2 nitrogen and oxygen atoms in total. The summed E-state index contributed by atoms with van der Waals surface area (Å²) < 4.78 is 0. The molecule has 0 bridgehead atoms. The van der Waals surface area contributed by atoms with E-state index >= 15 is 0 Å². The lowest BCUT2D eigenvalue weighted by Crippen LogP contribution is -2.34. The Morgan fingerprint density at radius 2 is 2.55 bits per heavy atom. The topological polar surface area (TPSA) is 24.1 Å². The van der Waals surface area contributed by atoms with Crippen molar-refractivity contribution in [3.05, 3.63) is 12.3 Å². The number of rotatable bonds is 3. The smallest absolute Gasteiger partial charge is 0.0115 e. The third-order valence-corrected chi connectivity index (χ3v) is 2.19. The molecule has 1 saturated heterocycles. The van der Waals surface area contributed by atoms with Crippen LogP contribution in [0.3, 0.4) is 0 Å². The molecule has 0 saturated carbocycles. The summed E-state index contributed by atoms with van der Waals surface area (Å²) in [6.45, 7) is 9.40. The van der Waals surface area contributed by atoms with Gasteiger partial charge >= 0.3 is 0 Å². The Balaban J connectivity index is 2.27. The maximum Gasteiger partial charge on any atom is 0.0115 e. The molecular weight excluding hydrogens is 136 g/mol. The van der Waals surface area contributed by atoms with Gasteiger partial charge in [0.25, 0.3) is 0 Å². The predicted molar refractivity (Wildman–Crippen MR) is 48.4 cm³/mol. The summed E-state index contributed by atoms with van der Waals surface area (Å²) in [5.41, 5.74) is 1.21. The summed E-state index contributed by atoms with van der Waals surface area (Å²) >= 11 is 0. The van der Waals surface area contributed by atoms with E-state index in [0.717, 1.165) is 13.1 Å². The highest BCUT2D eigenvalue weighted by Gasteiger charge is 2.14. The average molecular weight is 154 g/mol. The van der Waals surface area contributed by atoms with Crippen molar-refractivity contribution >= 4 is 0 Å². The Hall–Kier alpha value is -0.500. The molecule has 11 heavy (non-hydrogen) atoms. The van der Waals surface area contributed by atoms with E-state index in [1.54, 1.807) is 0 Å². The van der Waals surface area contributed by atoms with Crippen LogP contribution in [-0.4, -0.2) is 19.6 Å². The first kappa shape index (κ1) is 8.60. The lowest BCUT2D eigenvalue weighted by Gasteiger charge is -2.25. The van der Waals surface area contributed by atoms with Crippen LogP contribution in [0.15, 0.2) is 12.3 Å². The van der Waals surface area contributed by atoms with Crippen molar-refractivity contribution in [3.8, 4) is 0 Å². The van der Waals surface area contributed by atoms with Crippen molar-refractivity contribution in [1.29, 1.82) is 0 Å². The fourth-order valence-corrected chi connectivity index (χ4v) is 1.52. The maximum absolute atomic E-state index is 4.02. The van der Waals surface area contributed by atoms with Crippen molar-refractivity contribution in [2.24, 2.45) is 5.92 Å². The zero-order valence-corrected chi connectivity index (χ0v) is 7.32. The van der Waals surface area contributed by atoms with Gasteiger partial charge in [0.15, 0.2) is 0 Å². The SMILES string of the molecule is C=C(NCC)C1CCCNC1. The van der Waals surface area contributed by atoms with Gasteiger partial charge in [-0.3, -0.25) is 0 Å². The van der Waals surface area contributed by atoms with Crippen molar-refractivity contribution in [3.63, 3.8) is 0 Å². The summed E-state index contributed by atoms with van der Waals surface area (Å²) in [5, 5.41) is 6.65. The molecule has 0 aliphatic carbocycles. The van der Waals surface area contributed by atoms with E-state index in [4.69, 9.17) is 0 Å². The second-order valence-electron chi connectivity index (χ2n) is 3.10. The van der Waals surface area contributed by atoms with Gasteiger partial charge in [-0.25, -0.2) is 0 Å². The summed E-state index contributed by atoms with van der Waals surface area (Å²) in [5.74, 6) is 0.656. The van der Waals surface area contributed by atoms with Gasteiger partial charge in [-0.1, -0.05) is 6.58 Å². The van der Waals surface area contributed by atoms with Crippen LogP contribution in [0.4, 0.5) is 0 Å². The maximum atomic E-state index is 4.02. The van der Waals surface area contributed by atoms with Gasteiger partial charge in [0.2, 0.25) is 0 Å². The fourth-order valence-electron chi connectivity index (χ4n) is 1.52. The standard InChI is InChI=1S/C9H18N2/c1-3-11-8(2)9-5-4-6-10-7-9/h9-11H,2-7H2,1H3. The normalized spacial score (nSPS) is 24.6. The summed E-state index contributed by atoms with van der Waals surface area (Å²) in [4.78, 5) is 0. The molecule has 2 N–H and O–H groups in total. The van der Waals surface area contributed by atoms with E-state index in [-0.39, 0.29) is 0 Å². The number of piperidine rings is 1. The molecule has 1 rings (SSSR count). The van der Waals surface area contributed by atoms with E-state index < -0.39 is 0 Å². The molecule has 1 atom stereocenters. The van der Waals surface area contributed by atoms with E-state index in [1.165, 1.54) is 25.1 Å². The van der Waals surface area contributed by atoms with Gasteiger partial charge in [0, 0.05) is 24.7 Å². The van der Waals surface area contributed by atoms with E-state index in [2.05, 4.69) is 24.1 Å². The first-order chi connectivity index (χ1) is 5.34. The fraction of sp³-hybridized carbons (Fsp3) is 0.778. The third kappa shape index (κ3) is 2.54.